The molecule has 1 amide bonds. The monoisotopic (exact) mass is 298 g/mol. The summed E-state index contributed by atoms with van der Waals surface area (Å²) in [5, 5.41) is 0. The first-order valence-electron chi connectivity index (χ1n) is 7.70. The maximum atomic E-state index is 13.0. The Morgan fingerprint density at radius 1 is 1.23 bits per heavy atom. The van der Waals surface area contributed by atoms with Crippen molar-refractivity contribution in [2.45, 2.75) is 18.4 Å². The predicted molar refractivity (Wildman–Crippen MR) is 85.5 cm³/mol. The average molecular weight is 298 g/mol. The molecular weight excluding hydrogens is 276 g/mol. The number of likely N-dealkylation sites (N-methyl/N-ethyl adjacent to an activating group) is 1. The molecule has 2 atom stereocenters. The number of carbonyl (C=O) groups is 1. The van der Waals surface area contributed by atoms with Crippen molar-refractivity contribution < 1.29 is 9.21 Å². The van der Waals surface area contributed by atoms with Gasteiger partial charge in [0.1, 0.15) is 11.8 Å². The number of likely N-dealkylation sites (tertiary alicyclic amines) is 1. The fraction of sp³-hybridized carbons (Fsp3) is 0.389. The van der Waals surface area contributed by atoms with Gasteiger partial charge in [0.2, 0.25) is 5.91 Å². The van der Waals surface area contributed by atoms with Gasteiger partial charge in [-0.15, -0.1) is 0 Å². The molecule has 1 fully saturated rings. The van der Waals surface area contributed by atoms with Crippen molar-refractivity contribution in [2.24, 2.45) is 0 Å². The molecule has 3 rings (SSSR count). The molecule has 0 spiro atoms. The minimum Gasteiger partial charge on any atom is -0.469 e. The van der Waals surface area contributed by atoms with Gasteiger partial charge in [-0.05, 0) is 38.2 Å². The molecule has 1 aromatic carbocycles. The first kappa shape index (κ1) is 14.9. The Balaban J connectivity index is 1.75. The summed E-state index contributed by atoms with van der Waals surface area (Å²) in [5.41, 5.74) is 1.04. The van der Waals surface area contributed by atoms with E-state index in [4.69, 9.17) is 4.42 Å². The normalized spacial score (nSPS) is 19.6. The largest absolute Gasteiger partial charge is 0.469 e. The van der Waals surface area contributed by atoms with Crippen LogP contribution in [0.2, 0.25) is 0 Å². The van der Waals surface area contributed by atoms with Crippen LogP contribution in [0, 0.1) is 0 Å². The van der Waals surface area contributed by atoms with E-state index in [2.05, 4.69) is 0 Å². The molecule has 2 aromatic rings. The highest BCUT2D eigenvalue weighted by atomic mass is 16.3. The maximum absolute atomic E-state index is 13.0. The quantitative estimate of drug-likeness (QED) is 0.871. The zero-order valence-electron chi connectivity index (χ0n) is 13.1. The molecule has 1 aliphatic rings. The Morgan fingerprint density at radius 3 is 2.64 bits per heavy atom. The van der Waals surface area contributed by atoms with E-state index >= 15 is 0 Å². The molecule has 0 bridgehead atoms. The fourth-order valence-corrected chi connectivity index (χ4v) is 3.19. The van der Waals surface area contributed by atoms with E-state index in [1.54, 1.807) is 6.26 Å². The second-order valence-electron chi connectivity index (χ2n) is 6.06. The van der Waals surface area contributed by atoms with Gasteiger partial charge in [-0.2, -0.15) is 0 Å². The van der Waals surface area contributed by atoms with Crippen molar-refractivity contribution in [1.29, 1.82) is 0 Å². The summed E-state index contributed by atoms with van der Waals surface area (Å²) in [7, 11) is 3.91. The third-order valence-corrected chi connectivity index (χ3v) is 4.31. The molecule has 116 valence electrons. The SMILES string of the molecule is CN(C)C(C(=O)N1CCC(c2ccco2)C1)c1ccccc1. The lowest BCUT2D eigenvalue weighted by molar-refractivity contribution is -0.135. The van der Waals surface area contributed by atoms with Crippen LogP contribution in [0.4, 0.5) is 0 Å². The topological polar surface area (TPSA) is 36.7 Å². The summed E-state index contributed by atoms with van der Waals surface area (Å²) in [5.74, 6) is 1.47. The molecule has 2 unspecified atom stereocenters. The number of hydrogen-bond donors (Lipinski definition) is 0. The van der Waals surface area contributed by atoms with Crippen molar-refractivity contribution in [3.8, 4) is 0 Å². The van der Waals surface area contributed by atoms with Gasteiger partial charge in [-0.25, -0.2) is 0 Å². The molecular formula is C18H22N2O2. The lowest BCUT2D eigenvalue weighted by atomic mass is 10.0. The number of nitrogens with zero attached hydrogens (tertiary/aromatic N) is 2. The number of rotatable bonds is 4. The Morgan fingerprint density at radius 2 is 2.00 bits per heavy atom. The van der Waals surface area contributed by atoms with Crippen molar-refractivity contribution in [3.63, 3.8) is 0 Å². The minimum atomic E-state index is -0.225. The van der Waals surface area contributed by atoms with Crippen LogP contribution in [-0.2, 0) is 4.79 Å². The summed E-state index contributed by atoms with van der Waals surface area (Å²) in [6, 6.07) is 13.7. The molecule has 0 N–H and O–H groups in total. The van der Waals surface area contributed by atoms with E-state index in [0.29, 0.717) is 5.92 Å². The van der Waals surface area contributed by atoms with E-state index in [0.717, 1.165) is 30.8 Å². The first-order valence-corrected chi connectivity index (χ1v) is 7.70. The van der Waals surface area contributed by atoms with Gasteiger partial charge in [0.25, 0.3) is 0 Å². The van der Waals surface area contributed by atoms with E-state index in [1.165, 1.54) is 0 Å². The molecule has 1 saturated heterocycles. The maximum Gasteiger partial charge on any atom is 0.244 e. The van der Waals surface area contributed by atoms with E-state index in [-0.39, 0.29) is 11.9 Å². The van der Waals surface area contributed by atoms with E-state index < -0.39 is 0 Å². The van der Waals surface area contributed by atoms with Crippen LogP contribution in [0.15, 0.2) is 53.1 Å². The molecule has 1 aliphatic heterocycles. The number of furan rings is 1. The second-order valence-corrected chi connectivity index (χ2v) is 6.06. The van der Waals surface area contributed by atoms with Crippen molar-refractivity contribution in [1.82, 2.24) is 9.80 Å². The highest BCUT2D eigenvalue weighted by Gasteiger charge is 2.34. The van der Waals surface area contributed by atoms with Gasteiger partial charge < -0.3 is 9.32 Å². The molecule has 4 nitrogen and oxygen atoms in total. The molecule has 0 aliphatic carbocycles. The van der Waals surface area contributed by atoms with Crippen LogP contribution in [-0.4, -0.2) is 42.9 Å². The van der Waals surface area contributed by atoms with Gasteiger partial charge in [0.15, 0.2) is 0 Å². The number of benzene rings is 1. The zero-order valence-corrected chi connectivity index (χ0v) is 13.1. The lowest BCUT2D eigenvalue weighted by Gasteiger charge is -2.28. The average Bonchev–Trinajstić information content (AvgIpc) is 3.19. The highest BCUT2D eigenvalue weighted by Crippen LogP contribution is 2.30. The summed E-state index contributed by atoms with van der Waals surface area (Å²) < 4.78 is 5.49. The van der Waals surface area contributed by atoms with Crippen LogP contribution < -0.4 is 0 Å². The van der Waals surface area contributed by atoms with E-state index in [9.17, 15) is 4.79 Å². The van der Waals surface area contributed by atoms with Gasteiger partial charge in [-0.3, -0.25) is 9.69 Å². The van der Waals surface area contributed by atoms with Crippen molar-refractivity contribution in [3.05, 3.63) is 60.1 Å². The van der Waals surface area contributed by atoms with Gasteiger partial charge in [0, 0.05) is 19.0 Å². The number of hydrogen-bond acceptors (Lipinski definition) is 3. The summed E-state index contributed by atoms with van der Waals surface area (Å²) in [4.78, 5) is 16.9. The fourth-order valence-electron chi connectivity index (χ4n) is 3.19. The zero-order chi connectivity index (χ0) is 15.5. The van der Waals surface area contributed by atoms with Crippen LogP contribution >= 0.6 is 0 Å². The Kier molecular flexibility index (Phi) is 4.29. The Hall–Kier alpha value is -2.07. The summed E-state index contributed by atoms with van der Waals surface area (Å²) >= 11 is 0. The van der Waals surface area contributed by atoms with Gasteiger partial charge in [0.05, 0.1) is 6.26 Å². The molecule has 22 heavy (non-hydrogen) atoms. The molecule has 0 radical (unpaired) electrons. The van der Waals surface area contributed by atoms with Gasteiger partial charge in [-0.1, -0.05) is 30.3 Å². The second kappa shape index (κ2) is 6.36. The summed E-state index contributed by atoms with van der Waals surface area (Å²) in [6.07, 6.45) is 2.67. The van der Waals surface area contributed by atoms with Crippen LogP contribution in [0.3, 0.4) is 0 Å². The Bertz CT molecular complexity index is 607. The van der Waals surface area contributed by atoms with Crippen LogP contribution in [0.5, 0.6) is 0 Å². The smallest absolute Gasteiger partial charge is 0.244 e. The van der Waals surface area contributed by atoms with Crippen molar-refractivity contribution in [2.75, 3.05) is 27.2 Å². The standard InChI is InChI=1S/C18H22N2O2/c1-19(2)17(14-7-4-3-5-8-14)18(21)20-11-10-15(13-20)16-9-6-12-22-16/h3-9,12,15,17H,10-11,13H2,1-2H3. The van der Waals surface area contributed by atoms with Crippen LogP contribution in [0.1, 0.15) is 29.7 Å². The molecule has 2 heterocycles. The lowest BCUT2D eigenvalue weighted by Crippen LogP contribution is -2.39. The molecule has 4 heteroatoms. The van der Waals surface area contributed by atoms with E-state index in [1.807, 2.05) is 66.4 Å². The highest BCUT2D eigenvalue weighted by molar-refractivity contribution is 5.83. The molecule has 0 saturated carbocycles. The van der Waals surface area contributed by atoms with Gasteiger partial charge >= 0.3 is 0 Å². The summed E-state index contributed by atoms with van der Waals surface area (Å²) in [6.45, 7) is 1.53. The third-order valence-electron chi connectivity index (χ3n) is 4.31. The first-order chi connectivity index (χ1) is 10.7. The predicted octanol–water partition coefficient (Wildman–Crippen LogP) is 2.90. The number of carbonyl (C=O) groups excluding carboxylic acids is 1. The molecule has 1 aromatic heterocycles. The van der Waals surface area contributed by atoms with Crippen molar-refractivity contribution >= 4 is 5.91 Å². The number of amides is 1. The third kappa shape index (κ3) is 2.92. The Labute approximate surface area is 131 Å². The minimum absolute atomic E-state index is 0.172. The van der Waals surface area contributed by atoms with Crippen LogP contribution in [0.25, 0.3) is 0 Å².